The van der Waals surface area contributed by atoms with E-state index >= 15 is 0 Å². The number of carboxylic acid groups (broad SMARTS) is 1. The summed E-state index contributed by atoms with van der Waals surface area (Å²) in [4.78, 5) is 25.3. The number of hydrogen-bond donors (Lipinski definition) is 2. The Morgan fingerprint density at radius 3 is 2.23 bits per heavy atom. The third-order valence-corrected chi connectivity index (χ3v) is 14.3. The van der Waals surface area contributed by atoms with Gasteiger partial charge in [-0.1, -0.05) is 67.0 Å². The van der Waals surface area contributed by atoms with Gasteiger partial charge in [-0.2, -0.15) is 0 Å². The maximum Gasteiger partial charge on any atom is 0.306 e. The van der Waals surface area contributed by atoms with E-state index in [4.69, 9.17) is 0 Å². The molecule has 4 fully saturated rings. The first-order chi connectivity index (χ1) is 16.0. The average Bonchev–Trinajstić information content (AvgIpc) is 2.77. The maximum absolute atomic E-state index is 13.1. The number of carboxylic acids is 1. The molecule has 0 bridgehead atoms. The Hall–Kier alpha value is -1.16. The Labute approximate surface area is 212 Å². The fourth-order valence-electron chi connectivity index (χ4n) is 11.0. The highest BCUT2D eigenvalue weighted by Crippen LogP contribution is 2.78. The summed E-state index contributed by atoms with van der Waals surface area (Å²) in [7, 11) is 0. The summed E-state index contributed by atoms with van der Waals surface area (Å²) in [6.45, 7) is 18.6. The van der Waals surface area contributed by atoms with Gasteiger partial charge >= 0.3 is 5.97 Å². The topological polar surface area (TPSA) is 74.6 Å². The normalized spacial score (nSPS) is 55.1. The van der Waals surface area contributed by atoms with Crippen LogP contribution >= 0.6 is 0 Å². The number of allylic oxidation sites excluding steroid dienone is 2. The van der Waals surface area contributed by atoms with Gasteiger partial charge in [0.15, 0.2) is 0 Å². The highest BCUT2D eigenvalue weighted by Gasteiger charge is 2.72. The van der Waals surface area contributed by atoms with Crippen LogP contribution in [0.2, 0.25) is 0 Å². The minimum Gasteiger partial charge on any atom is -0.481 e. The minimum atomic E-state index is -0.763. The molecule has 4 heteroatoms. The van der Waals surface area contributed by atoms with E-state index < -0.39 is 18.0 Å². The highest BCUT2D eigenvalue weighted by molar-refractivity contribution is 5.86. The molecule has 2 N–H and O–H groups in total. The molecule has 0 saturated heterocycles. The fraction of sp³-hybridized carbons (Fsp3) is 0.871. The summed E-state index contributed by atoms with van der Waals surface area (Å²) >= 11 is 0. The Bertz CT molecular complexity index is 996. The number of ketones is 1. The van der Waals surface area contributed by atoms with Gasteiger partial charge in [0.05, 0.1) is 12.0 Å². The Balaban J connectivity index is 1.63. The van der Waals surface area contributed by atoms with Gasteiger partial charge in [-0.3, -0.25) is 9.59 Å². The summed E-state index contributed by atoms with van der Waals surface area (Å²) in [5.41, 5.74) is 1.03. The summed E-state index contributed by atoms with van der Waals surface area (Å²) in [5.74, 6) is -0.205. The van der Waals surface area contributed by atoms with Gasteiger partial charge in [-0.05, 0) is 84.4 Å². The second kappa shape index (κ2) is 7.23. The molecule has 0 aromatic carbocycles. The lowest BCUT2D eigenvalue weighted by Crippen LogP contribution is -2.68. The van der Waals surface area contributed by atoms with E-state index in [1.54, 1.807) is 0 Å². The van der Waals surface area contributed by atoms with Crippen molar-refractivity contribution in [1.29, 1.82) is 0 Å². The van der Waals surface area contributed by atoms with Crippen LogP contribution in [0.5, 0.6) is 0 Å². The summed E-state index contributed by atoms with van der Waals surface area (Å²) in [6.07, 6.45) is 9.14. The number of aliphatic hydroxyl groups excluding tert-OH is 1. The van der Waals surface area contributed by atoms with Crippen LogP contribution < -0.4 is 0 Å². The van der Waals surface area contributed by atoms with E-state index in [1.165, 1.54) is 5.57 Å². The van der Waals surface area contributed by atoms with Gasteiger partial charge < -0.3 is 10.2 Å². The van der Waals surface area contributed by atoms with Crippen molar-refractivity contribution in [1.82, 2.24) is 0 Å². The van der Waals surface area contributed by atoms with Crippen LogP contribution in [0.4, 0.5) is 0 Å². The van der Waals surface area contributed by atoms with E-state index in [9.17, 15) is 19.8 Å². The molecule has 0 aromatic heterocycles. The van der Waals surface area contributed by atoms with Crippen molar-refractivity contribution >= 4 is 11.8 Å². The molecule has 5 aliphatic carbocycles. The molecule has 0 unspecified atom stereocenters. The number of carbonyl (C=O) groups excluding carboxylic acids is 1. The van der Waals surface area contributed by atoms with Crippen LogP contribution in [0.3, 0.4) is 0 Å². The zero-order chi connectivity index (χ0) is 26.0. The number of hydrogen-bond acceptors (Lipinski definition) is 3. The van der Waals surface area contributed by atoms with Crippen molar-refractivity contribution in [2.45, 2.75) is 113 Å². The van der Waals surface area contributed by atoms with Gasteiger partial charge in [0, 0.05) is 17.3 Å². The lowest BCUT2D eigenvalue weighted by Gasteiger charge is -2.74. The number of carbonyl (C=O) groups is 2. The lowest BCUT2D eigenvalue weighted by molar-refractivity contribution is -0.224. The molecule has 5 rings (SSSR count). The molecular formula is C31H48O4. The van der Waals surface area contributed by atoms with Crippen molar-refractivity contribution in [3.05, 3.63) is 11.6 Å². The van der Waals surface area contributed by atoms with Crippen molar-refractivity contribution < 1.29 is 19.8 Å². The number of aliphatic carboxylic acids is 1. The van der Waals surface area contributed by atoms with Gasteiger partial charge in [0.1, 0.15) is 5.78 Å². The predicted octanol–water partition coefficient (Wildman–Crippen LogP) is 6.66. The fourth-order valence-corrected chi connectivity index (χ4v) is 11.0. The van der Waals surface area contributed by atoms with Crippen LogP contribution in [0.25, 0.3) is 0 Å². The number of aliphatic hydroxyl groups is 1. The van der Waals surface area contributed by atoms with Gasteiger partial charge in [0.25, 0.3) is 0 Å². The molecule has 4 saturated carbocycles. The number of rotatable bonds is 1. The molecule has 0 aliphatic heterocycles. The second-order valence-corrected chi connectivity index (χ2v) is 15.0. The van der Waals surface area contributed by atoms with E-state index in [0.717, 1.165) is 38.5 Å². The molecule has 10 atom stereocenters. The van der Waals surface area contributed by atoms with Crippen LogP contribution in [-0.2, 0) is 9.59 Å². The quantitative estimate of drug-likeness (QED) is 0.408. The largest absolute Gasteiger partial charge is 0.481 e. The first-order valence-corrected chi connectivity index (χ1v) is 14.2. The molecule has 35 heavy (non-hydrogen) atoms. The van der Waals surface area contributed by atoms with E-state index in [0.29, 0.717) is 24.5 Å². The van der Waals surface area contributed by atoms with Gasteiger partial charge in [0.2, 0.25) is 0 Å². The predicted molar refractivity (Wildman–Crippen MR) is 138 cm³/mol. The molecule has 5 aliphatic rings. The smallest absolute Gasteiger partial charge is 0.306 e. The average molecular weight is 485 g/mol. The van der Waals surface area contributed by atoms with Gasteiger partial charge in [-0.25, -0.2) is 0 Å². The Morgan fingerprint density at radius 1 is 0.943 bits per heavy atom. The lowest BCUT2D eigenvalue weighted by atomic mass is 9.30. The molecule has 4 nitrogen and oxygen atoms in total. The number of Topliss-reactive ketones (excluding diaryl/α,β-unsaturated/α-hetero) is 1. The summed E-state index contributed by atoms with van der Waals surface area (Å²) in [5, 5.41) is 21.3. The summed E-state index contributed by atoms with van der Waals surface area (Å²) in [6, 6.07) is 0. The SMILES string of the molecule is C[C@@H]1[C@H]2C3=CC[C@H]4[C@@]5(C)CCC(=O)C(C)(C)[C@]5(C)CC[C@@]4(C)[C@]3(C)CC[C@@]2(C)[C@@H](O)C[C@H]1C(=O)O. The maximum atomic E-state index is 13.1. The van der Waals surface area contributed by atoms with Crippen molar-refractivity contribution in [2.75, 3.05) is 0 Å². The third-order valence-electron chi connectivity index (χ3n) is 14.3. The van der Waals surface area contributed by atoms with E-state index in [2.05, 4.69) is 61.5 Å². The van der Waals surface area contributed by atoms with Crippen LogP contribution in [0.1, 0.15) is 107 Å². The molecule has 0 radical (unpaired) electrons. The van der Waals surface area contributed by atoms with Crippen molar-refractivity contribution in [2.24, 2.45) is 56.2 Å². The number of fused-ring (bicyclic) bond motifs is 7. The standard InChI is InChI=1S/C31H48O4/c1-18-19(25(34)35)17-23(33)27(4)13-14-28(5)20(24(18)27)9-10-21-29(28,6)15-16-31(8)26(2,3)22(32)11-12-30(21,31)7/h9,18-19,21,23-24,33H,10-17H2,1-8H3,(H,34,35)/t18-,19+,21+,23-,24-,27-,28+,29+,30+,31-/m0/s1. The monoisotopic (exact) mass is 484 g/mol. The molecular weight excluding hydrogens is 436 g/mol. The molecule has 0 aromatic rings. The van der Waals surface area contributed by atoms with Crippen molar-refractivity contribution in [3.8, 4) is 0 Å². The van der Waals surface area contributed by atoms with Crippen LogP contribution in [0, 0.1) is 56.2 Å². The zero-order valence-electron chi connectivity index (χ0n) is 23.3. The van der Waals surface area contributed by atoms with E-state index in [-0.39, 0.29) is 44.3 Å². The van der Waals surface area contributed by atoms with Gasteiger partial charge in [-0.15, -0.1) is 0 Å². The van der Waals surface area contributed by atoms with Crippen LogP contribution in [0.15, 0.2) is 11.6 Å². The third kappa shape index (κ3) is 2.74. The Kier molecular flexibility index (Phi) is 5.27. The molecule has 0 amide bonds. The molecule has 196 valence electrons. The summed E-state index contributed by atoms with van der Waals surface area (Å²) < 4.78 is 0. The Morgan fingerprint density at radius 2 is 1.60 bits per heavy atom. The molecule has 0 spiro atoms. The molecule has 0 heterocycles. The second-order valence-electron chi connectivity index (χ2n) is 15.0. The van der Waals surface area contributed by atoms with Crippen molar-refractivity contribution in [3.63, 3.8) is 0 Å². The first-order valence-electron chi connectivity index (χ1n) is 14.2. The zero-order valence-corrected chi connectivity index (χ0v) is 23.3. The first kappa shape index (κ1) is 25.5. The van der Waals surface area contributed by atoms with E-state index in [1.807, 2.05) is 0 Å². The minimum absolute atomic E-state index is 0.00952. The van der Waals surface area contributed by atoms with Crippen LogP contribution in [-0.4, -0.2) is 28.1 Å². The highest BCUT2D eigenvalue weighted by atomic mass is 16.4.